The van der Waals surface area contributed by atoms with E-state index in [9.17, 15) is 0 Å². The monoisotopic (exact) mass is 654 g/mol. The summed E-state index contributed by atoms with van der Waals surface area (Å²) in [4.78, 5) is 9.27. The van der Waals surface area contributed by atoms with E-state index < -0.39 is 0 Å². The molecule has 5 aromatic rings. The number of ether oxygens (including phenoxy) is 2. The number of aryl methyl sites for hydroxylation is 3. The van der Waals surface area contributed by atoms with Crippen LogP contribution in [0.15, 0.2) is 65.8 Å². The van der Waals surface area contributed by atoms with E-state index in [2.05, 4.69) is 65.9 Å². The summed E-state index contributed by atoms with van der Waals surface area (Å²) in [5.74, 6) is 1.84. The van der Waals surface area contributed by atoms with Crippen LogP contribution >= 0.6 is 0 Å². The molecule has 3 heterocycles. The second-order valence-corrected chi connectivity index (χ2v) is 9.27. The Morgan fingerprint density at radius 2 is 1.69 bits per heavy atom. The summed E-state index contributed by atoms with van der Waals surface area (Å²) < 4.78 is 14.2. The number of benzene rings is 3. The molecule has 6 heteroatoms. The third kappa shape index (κ3) is 4.44. The molecular formula is C30H25N3O2Pt. The maximum atomic E-state index is 6.29. The van der Waals surface area contributed by atoms with Crippen molar-refractivity contribution in [2.45, 2.75) is 33.7 Å². The van der Waals surface area contributed by atoms with Crippen molar-refractivity contribution in [2.75, 3.05) is 6.61 Å². The van der Waals surface area contributed by atoms with E-state index in [0.717, 1.165) is 38.9 Å². The molecule has 0 bridgehead atoms. The first-order chi connectivity index (χ1) is 16.9. The Hall–Kier alpha value is -3.43. The fourth-order valence-corrected chi connectivity index (χ4v) is 4.63. The Morgan fingerprint density at radius 3 is 2.47 bits per heavy atom. The first-order valence-corrected chi connectivity index (χ1v) is 11.8. The van der Waals surface area contributed by atoms with Crippen molar-refractivity contribution in [1.82, 2.24) is 9.55 Å². The summed E-state index contributed by atoms with van der Waals surface area (Å²) in [7, 11) is 0. The zero-order valence-electron chi connectivity index (χ0n) is 20.5. The van der Waals surface area contributed by atoms with E-state index in [4.69, 9.17) is 14.5 Å². The molecule has 0 fully saturated rings. The minimum atomic E-state index is 0. The maximum absolute atomic E-state index is 6.29. The van der Waals surface area contributed by atoms with Crippen molar-refractivity contribution < 1.29 is 30.5 Å². The van der Waals surface area contributed by atoms with Crippen LogP contribution in [0, 0.1) is 32.9 Å². The van der Waals surface area contributed by atoms with Gasteiger partial charge in [0.2, 0.25) is 0 Å². The fourth-order valence-electron chi connectivity index (χ4n) is 4.63. The smallest absolute Gasteiger partial charge is 0.518 e. The van der Waals surface area contributed by atoms with Crippen LogP contribution in [0.1, 0.15) is 29.2 Å². The van der Waals surface area contributed by atoms with Crippen molar-refractivity contribution in [2.24, 2.45) is 4.99 Å². The molecule has 36 heavy (non-hydrogen) atoms. The van der Waals surface area contributed by atoms with E-state index in [0.29, 0.717) is 24.0 Å². The zero-order valence-corrected chi connectivity index (χ0v) is 22.8. The largest absolute Gasteiger partial charge is 2.00 e. The van der Waals surface area contributed by atoms with Crippen molar-refractivity contribution in [3.05, 3.63) is 95.2 Å². The number of aliphatic imine (C=N–C) groups is 1. The molecule has 0 spiro atoms. The quantitative estimate of drug-likeness (QED) is 0.204. The first kappa shape index (κ1) is 24.3. The van der Waals surface area contributed by atoms with Crippen LogP contribution in [0.3, 0.4) is 0 Å². The SMILES string of the molecule is Cc1cc(Oc2[c-]c(-n3c4ccc(C)cc4c4cccnc43)cc(C)c2)[c-]c(C2=N[C@H](C)CO2)c1.[Pt+2]. The van der Waals surface area contributed by atoms with Crippen LogP contribution in [0.5, 0.6) is 11.5 Å². The molecule has 6 rings (SSSR count). The third-order valence-corrected chi connectivity index (χ3v) is 6.13. The Bertz CT molecular complexity index is 1640. The molecule has 2 aromatic heterocycles. The predicted octanol–water partition coefficient (Wildman–Crippen LogP) is 6.66. The summed E-state index contributed by atoms with van der Waals surface area (Å²) in [6.07, 6.45) is 1.83. The molecule has 0 N–H and O–H groups in total. The van der Waals surface area contributed by atoms with Gasteiger partial charge in [-0.05, 0) is 38.1 Å². The molecule has 0 saturated heterocycles. The van der Waals surface area contributed by atoms with Crippen LogP contribution in [0.2, 0.25) is 0 Å². The minimum Gasteiger partial charge on any atom is -0.518 e. The van der Waals surface area contributed by atoms with Crippen LogP contribution < -0.4 is 4.74 Å². The summed E-state index contributed by atoms with van der Waals surface area (Å²) in [6.45, 7) is 8.83. The number of nitrogens with zero attached hydrogens (tertiary/aromatic N) is 3. The van der Waals surface area contributed by atoms with Gasteiger partial charge in [-0.3, -0.25) is 4.99 Å². The summed E-state index contributed by atoms with van der Waals surface area (Å²) in [6, 6.07) is 25.6. The van der Waals surface area contributed by atoms with Crippen LogP contribution in [0.25, 0.3) is 27.6 Å². The Balaban J connectivity index is 0.00000267. The summed E-state index contributed by atoms with van der Waals surface area (Å²) >= 11 is 0. The standard InChI is InChI=1S/C30H25N3O2.Pt/c1-18-7-8-28-27(14-18)26-6-5-9-31-29(26)33(28)23-11-20(3)13-25(16-23)35-24-12-19(2)10-22(15-24)30-32-21(4)17-34-30;/h5-14,21H,17H2,1-4H3;/q-2;+2/t21-;/m1./s1. The molecule has 0 amide bonds. The van der Waals surface area contributed by atoms with Crippen molar-refractivity contribution in [1.29, 1.82) is 0 Å². The average Bonchev–Trinajstić information content (AvgIpc) is 3.39. The van der Waals surface area contributed by atoms with Gasteiger partial charge in [-0.2, -0.15) is 5.56 Å². The van der Waals surface area contributed by atoms with Gasteiger partial charge in [0.25, 0.3) is 0 Å². The van der Waals surface area contributed by atoms with Crippen LogP contribution in [0.4, 0.5) is 0 Å². The van der Waals surface area contributed by atoms with Gasteiger partial charge in [0, 0.05) is 28.5 Å². The molecule has 3 aromatic carbocycles. The van der Waals surface area contributed by atoms with E-state index in [-0.39, 0.29) is 27.1 Å². The summed E-state index contributed by atoms with van der Waals surface area (Å²) in [5.41, 5.74) is 7.01. The van der Waals surface area contributed by atoms with Gasteiger partial charge in [0.05, 0.1) is 18.2 Å². The van der Waals surface area contributed by atoms with Gasteiger partial charge in [0.1, 0.15) is 11.5 Å². The second-order valence-electron chi connectivity index (χ2n) is 9.27. The van der Waals surface area contributed by atoms with Gasteiger partial charge in [-0.1, -0.05) is 48.9 Å². The number of hydrogen-bond donors (Lipinski definition) is 0. The zero-order chi connectivity index (χ0) is 24.1. The second kappa shape index (κ2) is 9.55. The molecule has 1 aliphatic heterocycles. The van der Waals surface area contributed by atoms with E-state index in [1.807, 2.05) is 44.3 Å². The molecule has 182 valence electrons. The van der Waals surface area contributed by atoms with E-state index >= 15 is 0 Å². The van der Waals surface area contributed by atoms with Crippen molar-refractivity contribution in [3.8, 4) is 17.2 Å². The van der Waals surface area contributed by atoms with Gasteiger partial charge >= 0.3 is 21.1 Å². The van der Waals surface area contributed by atoms with Crippen molar-refractivity contribution in [3.63, 3.8) is 0 Å². The third-order valence-electron chi connectivity index (χ3n) is 6.13. The Morgan fingerprint density at radius 1 is 0.917 bits per heavy atom. The van der Waals surface area contributed by atoms with Gasteiger partial charge < -0.3 is 14.0 Å². The van der Waals surface area contributed by atoms with E-state index in [1.54, 1.807) is 0 Å². The number of pyridine rings is 1. The number of rotatable bonds is 4. The average molecular weight is 655 g/mol. The summed E-state index contributed by atoms with van der Waals surface area (Å²) in [5, 5.41) is 2.29. The molecule has 5 nitrogen and oxygen atoms in total. The topological polar surface area (TPSA) is 48.6 Å². The fraction of sp³-hybridized carbons (Fsp3) is 0.200. The normalized spacial score (nSPS) is 15.0. The van der Waals surface area contributed by atoms with Crippen LogP contribution in [-0.2, 0) is 25.8 Å². The molecule has 1 aliphatic rings. The Labute approximate surface area is 225 Å². The minimum absolute atomic E-state index is 0. The van der Waals surface area contributed by atoms with Gasteiger partial charge in [-0.15, -0.1) is 29.8 Å². The number of aromatic nitrogens is 2. The molecule has 0 aliphatic carbocycles. The predicted molar refractivity (Wildman–Crippen MR) is 139 cm³/mol. The van der Waals surface area contributed by atoms with Crippen molar-refractivity contribution >= 4 is 27.8 Å². The Kier molecular flexibility index (Phi) is 6.44. The first-order valence-electron chi connectivity index (χ1n) is 11.8. The van der Waals surface area contributed by atoms with Crippen LogP contribution in [-0.4, -0.2) is 28.1 Å². The number of fused-ring (bicyclic) bond motifs is 3. The molecular weight excluding hydrogens is 629 g/mol. The van der Waals surface area contributed by atoms with Gasteiger partial charge in [0.15, 0.2) is 0 Å². The molecule has 0 saturated carbocycles. The molecule has 0 unspecified atom stereocenters. The number of hydrogen-bond acceptors (Lipinski definition) is 4. The molecule has 0 radical (unpaired) electrons. The molecule has 1 atom stereocenters. The maximum Gasteiger partial charge on any atom is 2.00 e. The van der Waals surface area contributed by atoms with E-state index in [1.165, 1.54) is 10.9 Å². The van der Waals surface area contributed by atoms with Gasteiger partial charge in [-0.25, -0.2) is 4.98 Å².